The molecule has 0 saturated carbocycles. The largest absolute Gasteiger partial charge is 0.494 e. The molecule has 1 amide bonds. The van der Waals surface area contributed by atoms with Crippen LogP contribution in [0.3, 0.4) is 0 Å². The van der Waals surface area contributed by atoms with Gasteiger partial charge in [0.2, 0.25) is 0 Å². The van der Waals surface area contributed by atoms with Crippen LogP contribution in [-0.2, 0) is 21.2 Å². The molecule has 0 atom stereocenters. The van der Waals surface area contributed by atoms with E-state index >= 15 is 0 Å². The van der Waals surface area contributed by atoms with Gasteiger partial charge in [-0.15, -0.1) is 0 Å². The van der Waals surface area contributed by atoms with Crippen molar-refractivity contribution in [2.24, 2.45) is 5.10 Å². The summed E-state index contributed by atoms with van der Waals surface area (Å²) in [7, 11) is -3.98. The Labute approximate surface area is 194 Å². The molecule has 0 fully saturated rings. The molecule has 8 heteroatoms. The number of carbonyl (C=O) groups excluding carboxylic acids is 1. The summed E-state index contributed by atoms with van der Waals surface area (Å²) >= 11 is 0. The average Bonchev–Trinajstić information content (AvgIpc) is 2.84. The average molecular weight is 466 g/mol. The van der Waals surface area contributed by atoms with E-state index in [4.69, 9.17) is 4.74 Å². The molecule has 0 unspecified atom stereocenters. The number of rotatable bonds is 10. The van der Waals surface area contributed by atoms with Gasteiger partial charge in [-0.1, -0.05) is 49.4 Å². The van der Waals surface area contributed by atoms with E-state index in [-0.39, 0.29) is 4.90 Å². The third kappa shape index (κ3) is 6.43. The first-order valence-electron chi connectivity index (χ1n) is 10.7. The van der Waals surface area contributed by atoms with Gasteiger partial charge in [-0.2, -0.15) is 5.10 Å². The van der Waals surface area contributed by atoms with Crippen molar-refractivity contribution in [1.82, 2.24) is 5.43 Å². The molecule has 0 aliphatic carbocycles. The zero-order chi connectivity index (χ0) is 23.7. The number of aryl methyl sites for hydroxylation is 1. The fraction of sp³-hybridized carbons (Fsp3) is 0.200. The molecule has 0 bridgehead atoms. The Bertz CT molecular complexity index is 1180. The van der Waals surface area contributed by atoms with E-state index in [1.54, 1.807) is 42.5 Å². The molecule has 0 saturated heterocycles. The van der Waals surface area contributed by atoms with E-state index in [9.17, 15) is 13.2 Å². The van der Waals surface area contributed by atoms with Crippen molar-refractivity contribution in [3.05, 3.63) is 90.0 Å². The second-order valence-corrected chi connectivity index (χ2v) is 9.00. The first-order valence-corrected chi connectivity index (χ1v) is 12.1. The van der Waals surface area contributed by atoms with E-state index < -0.39 is 22.5 Å². The minimum absolute atomic E-state index is 0.0891. The number of hydrogen-bond donors (Lipinski definition) is 1. The third-order valence-electron chi connectivity index (χ3n) is 4.84. The van der Waals surface area contributed by atoms with Crippen LogP contribution in [-0.4, -0.2) is 33.7 Å². The Morgan fingerprint density at radius 1 is 0.970 bits per heavy atom. The lowest BCUT2D eigenvalue weighted by molar-refractivity contribution is -0.119. The lowest BCUT2D eigenvalue weighted by Crippen LogP contribution is -2.39. The van der Waals surface area contributed by atoms with Crippen LogP contribution in [0.4, 0.5) is 5.69 Å². The summed E-state index contributed by atoms with van der Waals surface area (Å²) in [6.07, 6.45) is 2.45. The summed E-state index contributed by atoms with van der Waals surface area (Å²) in [5.74, 6) is 0.0475. The van der Waals surface area contributed by atoms with Crippen molar-refractivity contribution in [3.63, 3.8) is 0 Å². The number of anilines is 1. The second-order valence-electron chi connectivity index (χ2n) is 7.14. The highest BCUT2D eigenvalue weighted by Gasteiger charge is 2.27. The first-order chi connectivity index (χ1) is 15.9. The topological polar surface area (TPSA) is 88.1 Å². The Morgan fingerprint density at radius 3 is 2.24 bits per heavy atom. The van der Waals surface area contributed by atoms with E-state index in [0.29, 0.717) is 18.0 Å². The molecule has 0 aromatic heterocycles. The molecule has 1 N–H and O–H groups in total. The van der Waals surface area contributed by atoms with E-state index in [1.807, 2.05) is 31.2 Å². The normalized spacial score (nSPS) is 11.3. The number of carbonyl (C=O) groups is 1. The van der Waals surface area contributed by atoms with Crippen LogP contribution >= 0.6 is 0 Å². The Balaban J connectivity index is 1.79. The molecular weight excluding hydrogens is 438 g/mol. The maximum Gasteiger partial charge on any atom is 0.264 e. The van der Waals surface area contributed by atoms with Crippen molar-refractivity contribution in [2.75, 3.05) is 17.5 Å². The third-order valence-corrected chi connectivity index (χ3v) is 6.63. The van der Waals surface area contributed by atoms with E-state index in [1.165, 1.54) is 23.9 Å². The van der Waals surface area contributed by atoms with Gasteiger partial charge in [-0.3, -0.25) is 9.10 Å². The maximum absolute atomic E-state index is 13.3. The van der Waals surface area contributed by atoms with Crippen molar-refractivity contribution in [1.29, 1.82) is 0 Å². The number of nitrogens with one attached hydrogen (secondary N) is 1. The zero-order valence-electron chi connectivity index (χ0n) is 18.6. The number of hydrazone groups is 1. The van der Waals surface area contributed by atoms with E-state index in [0.717, 1.165) is 16.3 Å². The highest BCUT2D eigenvalue weighted by Crippen LogP contribution is 2.25. The molecule has 3 aromatic carbocycles. The van der Waals surface area contributed by atoms with Gasteiger partial charge in [0, 0.05) is 0 Å². The molecule has 0 aliphatic heterocycles. The number of hydrogen-bond acceptors (Lipinski definition) is 5. The smallest absolute Gasteiger partial charge is 0.264 e. The van der Waals surface area contributed by atoms with Crippen LogP contribution in [0.5, 0.6) is 5.75 Å². The van der Waals surface area contributed by atoms with Gasteiger partial charge in [0.25, 0.3) is 15.9 Å². The fourth-order valence-corrected chi connectivity index (χ4v) is 4.54. The Morgan fingerprint density at radius 2 is 1.64 bits per heavy atom. The molecule has 0 spiro atoms. The first kappa shape index (κ1) is 24.0. The zero-order valence-corrected chi connectivity index (χ0v) is 19.5. The molecule has 3 rings (SSSR count). The molecule has 7 nitrogen and oxygen atoms in total. The fourth-order valence-electron chi connectivity index (χ4n) is 3.09. The minimum atomic E-state index is -3.98. The second kappa shape index (κ2) is 11.3. The van der Waals surface area contributed by atoms with Crippen LogP contribution in [0.1, 0.15) is 25.0 Å². The summed E-state index contributed by atoms with van der Waals surface area (Å²) in [6.45, 7) is 4.00. The highest BCUT2D eigenvalue weighted by atomic mass is 32.2. The Hall–Kier alpha value is -3.65. The molecule has 0 radical (unpaired) electrons. The lowest BCUT2D eigenvalue weighted by atomic mass is 10.1. The summed E-state index contributed by atoms with van der Waals surface area (Å²) in [5, 5.41) is 3.97. The van der Waals surface area contributed by atoms with Gasteiger partial charge in [-0.05, 0) is 60.9 Å². The standard InChI is InChI=1S/C25H27N3O4S/c1-3-20-10-12-21(13-11-20)18-26-27-25(29)19-28(22-14-16-23(17-15-22)32-4-2)33(30,31)24-8-6-5-7-9-24/h5-18H,3-4,19H2,1-2H3,(H,27,29)/b26-18-. The monoisotopic (exact) mass is 465 g/mol. The summed E-state index contributed by atoms with van der Waals surface area (Å²) in [4.78, 5) is 12.7. The summed E-state index contributed by atoms with van der Waals surface area (Å²) < 4.78 is 33.1. The number of amides is 1. The van der Waals surface area contributed by atoms with Crippen molar-refractivity contribution in [3.8, 4) is 5.75 Å². The van der Waals surface area contributed by atoms with E-state index in [2.05, 4.69) is 17.5 Å². The van der Waals surface area contributed by atoms with Gasteiger partial charge >= 0.3 is 0 Å². The van der Waals surface area contributed by atoms with Crippen LogP contribution in [0.2, 0.25) is 0 Å². The van der Waals surface area contributed by atoms with Crippen molar-refractivity contribution >= 4 is 27.8 Å². The number of ether oxygens (including phenoxy) is 1. The van der Waals surface area contributed by atoms with Gasteiger partial charge in [0.05, 0.1) is 23.4 Å². The van der Waals surface area contributed by atoms with Crippen LogP contribution in [0.15, 0.2) is 88.9 Å². The van der Waals surface area contributed by atoms with Crippen LogP contribution < -0.4 is 14.5 Å². The molecule has 3 aromatic rings. The van der Waals surface area contributed by atoms with Gasteiger partial charge in [0.15, 0.2) is 0 Å². The van der Waals surface area contributed by atoms with Crippen molar-refractivity contribution in [2.45, 2.75) is 25.2 Å². The lowest BCUT2D eigenvalue weighted by Gasteiger charge is -2.24. The SMILES string of the molecule is CCOc1ccc(N(CC(=O)N/N=C\c2ccc(CC)cc2)S(=O)(=O)c2ccccc2)cc1. The van der Waals surface area contributed by atoms with Crippen LogP contribution in [0.25, 0.3) is 0 Å². The van der Waals surface area contributed by atoms with Gasteiger partial charge < -0.3 is 4.74 Å². The maximum atomic E-state index is 13.3. The summed E-state index contributed by atoms with van der Waals surface area (Å²) in [6, 6.07) is 22.3. The number of sulfonamides is 1. The van der Waals surface area contributed by atoms with Gasteiger partial charge in [0.1, 0.15) is 12.3 Å². The van der Waals surface area contributed by atoms with Crippen LogP contribution in [0, 0.1) is 0 Å². The molecule has 0 heterocycles. The predicted octanol–water partition coefficient (Wildman–Crippen LogP) is 3.99. The molecule has 172 valence electrons. The molecule has 33 heavy (non-hydrogen) atoms. The van der Waals surface area contributed by atoms with Gasteiger partial charge in [-0.25, -0.2) is 13.8 Å². The van der Waals surface area contributed by atoms with Crippen molar-refractivity contribution < 1.29 is 17.9 Å². The molecule has 0 aliphatic rings. The molecular formula is C25H27N3O4S. The summed E-state index contributed by atoms with van der Waals surface area (Å²) in [5.41, 5.74) is 4.79. The minimum Gasteiger partial charge on any atom is -0.494 e. The highest BCUT2D eigenvalue weighted by molar-refractivity contribution is 7.92. The number of benzene rings is 3. The quantitative estimate of drug-likeness (QED) is 0.362. The predicted molar refractivity (Wildman–Crippen MR) is 130 cm³/mol. The number of nitrogens with zero attached hydrogens (tertiary/aromatic N) is 2. The Kier molecular flexibility index (Phi) is 8.21.